The van der Waals surface area contributed by atoms with Crippen LogP contribution in [0.4, 0.5) is 0 Å². The van der Waals surface area contributed by atoms with E-state index in [9.17, 15) is 0 Å². The summed E-state index contributed by atoms with van der Waals surface area (Å²) in [6, 6.07) is 9.07. The molecule has 2 aliphatic carbocycles. The van der Waals surface area contributed by atoms with E-state index >= 15 is 0 Å². The summed E-state index contributed by atoms with van der Waals surface area (Å²) < 4.78 is 5.30. The van der Waals surface area contributed by atoms with Crippen LogP contribution in [0.3, 0.4) is 0 Å². The van der Waals surface area contributed by atoms with E-state index in [4.69, 9.17) is 0 Å². The molecule has 1 heterocycles. The zero-order valence-corrected chi connectivity index (χ0v) is 17.1. The summed E-state index contributed by atoms with van der Waals surface area (Å²) in [4.78, 5) is 0. The Bertz CT molecular complexity index is 659. The summed E-state index contributed by atoms with van der Waals surface area (Å²) in [5, 5.41) is 0. The Kier molecular flexibility index (Phi) is 5.64. The Morgan fingerprint density at radius 2 is 1.91 bits per heavy atom. The standard InChI is InChI=1S/C9H7.C7H9.C3H6.2ClH.Zr/c1-2-5-9-7-3-6-8(9)4-1;1-2-7-5-3-4-6-7;1-3-2;;;/h1-7H;5-6H,2-3H2,1H3;3H,1H2,2H3;2*1H;/q;;;;;+2/p-2. The molecule has 1 aromatic carbocycles. The first-order chi connectivity index (χ1) is 9.75. The second-order valence-corrected chi connectivity index (χ2v) is 18.3. The van der Waals surface area contributed by atoms with Crippen molar-refractivity contribution in [3.05, 3.63) is 62.5 Å². The van der Waals surface area contributed by atoms with Gasteiger partial charge in [0.15, 0.2) is 0 Å². The average molecular weight is 413 g/mol. The van der Waals surface area contributed by atoms with Gasteiger partial charge >= 0.3 is 127 Å². The molecule has 0 spiro atoms. The van der Waals surface area contributed by atoms with Gasteiger partial charge in [-0.3, -0.25) is 0 Å². The molecule has 116 valence electrons. The maximum absolute atomic E-state index is 2.59. The molecule has 0 aromatic heterocycles. The predicted molar refractivity (Wildman–Crippen MR) is 83.5 cm³/mol. The number of benzene rings is 1. The van der Waals surface area contributed by atoms with Crippen LogP contribution in [0.25, 0.3) is 6.08 Å². The average Bonchev–Trinajstić information content (AvgIpc) is 2.91. The Morgan fingerprint density at radius 1 is 1.18 bits per heavy atom. The van der Waals surface area contributed by atoms with Crippen molar-refractivity contribution in [2.24, 2.45) is 0 Å². The zero-order chi connectivity index (χ0) is 13.7. The van der Waals surface area contributed by atoms with E-state index in [0.29, 0.717) is 0 Å². The van der Waals surface area contributed by atoms with Crippen molar-refractivity contribution in [2.75, 3.05) is 0 Å². The van der Waals surface area contributed by atoms with E-state index in [2.05, 4.69) is 62.4 Å². The van der Waals surface area contributed by atoms with Crippen LogP contribution in [-0.2, 0) is 20.3 Å². The summed E-state index contributed by atoms with van der Waals surface area (Å²) in [7, 11) is 0. The van der Waals surface area contributed by atoms with Gasteiger partial charge in [0, 0.05) is 0 Å². The predicted octanol–water partition coefficient (Wildman–Crippen LogP) is -0.219. The molecule has 1 aromatic rings. The van der Waals surface area contributed by atoms with Crippen molar-refractivity contribution >= 4 is 6.08 Å². The molecule has 0 nitrogen and oxygen atoms in total. The number of hydrogen-bond acceptors (Lipinski definition) is 0. The fourth-order valence-electron chi connectivity index (χ4n) is 4.38. The van der Waals surface area contributed by atoms with Crippen LogP contribution in [0.5, 0.6) is 0 Å². The van der Waals surface area contributed by atoms with E-state index in [1.165, 1.54) is 18.4 Å². The van der Waals surface area contributed by atoms with Gasteiger partial charge in [-0.05, 0) is 0 Å². The monoisotopic (exact) mass is 410 g/mol. The van der Waals surface area contributed by atoms with Gasteiger partial charge in [-0.2, -0.15) is 0 Å². The zero-order valence-electron chi connectivity index (χ0n) is 13.2. The smallest absolute Gasteiger partial charge is 1.00 e. The Morgan fingerprint density at radius 3 is 2.55 bits per heavy atom. The molecular weight excluding hydrogens is 390 g/mol. The molecule has 0 N–H and O–H groups in total. The van der Waals surface area contributed by atoms with Crippen molar-refractivity contribution in [1.82, 2.24) is 0 Å². The van der Waals surface area contributed by atoms with Crippen molar-refractivity contribution in [1.29, 1.82) is 0 Å². The van der Waals surface area contributed by atoms with Gasteiger partial charge in [-0.15, -0.1) is 0 Å². The van der Waals surface area contributed by atoms with E-state index < -0.39 is 20.3 Å². The first-order valence-electron chi connectivity index (χ1n) is 7.93. The fraction of sp³-hybridized carbons (Fsp3) is 0.368. The third-order valence-corrected chi connectivity index (χ3v) is 20.1. The van der Waals surface area contributed by atoms with Crippen LogP contribution in [0, 0.1) is 0 Å². The topological polar surface area (TPSA) is 0 Å². The summed E-state index contributed by atoms with van der Waals surface area (Å²) in [6.07, 6.45) is 12.5. The molecule has 4 rings (SSSR count). The van der Waals surface area contributed by atoms with Crippen LogP contribution in [0.2, 0.25) is 7.75 Å². The minimum Gasteiger partial charge on any atom is -1.00 e. The minimum atomic E-state index is -2.14. The first kappa shape index (κ1) is 18.2. The van der Waals surface area contributed by atoms with Crippen LogP contribution < -0.4 is 24.8 Å². The maximum atomic E-state index is 2.59. The molecular formula is C19H22Cl2Zr. The van der Waals surface area contributed by atoms with Crippen molar-refractivity contribution < 1.29 is 45.1 Å². The van der Waals surface area contributed by atoms with Gasteiger partial charge in [-0.25, -0.2) is 0 Å². The third kappa shape index (κ3) is 2.64. The van der Waals surface area contributed by atoms with Gasteiger partial charge in [-0.1, -0.05) is 0 Å². The summed E-state index contributed by atoms with van der Waals surface area (Å²) >= 11 is -2.14. The Labute approximate surface area is 151 Å². The Hall–Kier alpha value is -0.0969. The van der Waals surface area contributed by atoms with Gasteiger partial charge in [0.25, 0.3) is 0 Å². The summed E-state index contributed by atoms with van der Waals surface area (Å²) in [5.41, 5.74) is 4.71. The number of fused-ring (bicyclic) bond motifs is 1. The summed E-state index contributed by atoms with van der Waals surface area (Å²) in [5.74, 6) is 0. The second kappa shape index (κ2) is 6.80. The van der Waals surface area contributed by atoms with Crippen molar-refractivity contribution in [2.45, 2.75) is 38.1 Å². The SMILES string of the molecule is CCC1=CC[C]([Zr+2]2([CH]3C=Cc4ccccc43)[CH2][CH]2C)=C1.[Cl-].[Cl-]. The number of halogens is 2. The molecule has 3 heteroatoms. The first-order valence-corrected chi connectivity index (χ1v) is 13.7. The van der Waals surface area contributed by atoms with E-state index in [1.807, 2.05) is 3.28 Å². The van der Waals surface area contributed by atoms with Crippen LogP contribution in [0.15, 0.2) is 51.3 Å². The normalized spacial score (nSPS) is 27.9. The van der Waals surface area contributed by atoms with Gasteiger partial charge in [0.2, 0.25) is 0 Å². The maximum Gasteiger partial charge on any atom is -1.00 e. The van der Waals surface area contributed by atoms with Crippen molar-refractivity contribution in [3.8, 4) is 0 Å². The molecule has 0 bridgehead atoms. The van der Waals surface area contributed by atoms with Gasteiger partial charge in [0.05, 0.1) is 0 Å². The molecule has 0 radical (unpaired) electrons. The summed E-state index contributed by atoms with van der Waals surface area (Å²) in [6.45, 7) is 4.81. The second-order valence-electron chi connectivity index (χ2n) is 6.62. The number of hydrogen-bond donors (Lipinski definition) is 0. The van der Waals surface area contributed by atoms with Crippen LogP contribution in [-0.4, -0.2) is 0 Å². The molecule has 3 aliphatic rings. The molecule has 1 saturated heterocycles. The van der Waals surface area contributed by atoms with Crippen molar-refractivity contribution in [3.63, 3.8) is 0 Å². The van der Waals surface area contributed by atoms with Gasteiger partial charge < -0.3 is 24.8 Å². The van der Waals surface area contributed by atoms with E-state index in [1.54, 1.807) is 15.3 Å². The molecule has 3 unspecified atom stereocenters. The quantitative estimate of drug-likeness (QED) is 0.644. The molecule has 0 saturated carbocycles. The number of allylic oxidation sites excluding steroid dienone is 5. The van der Waals surface area contributed by atoms with E-state index in [-0.39, 0.29) is 24.8 Å². The number of rotatable bonds is 3. The molecule has 0 amide bonds. The molecule has 22 heavy (non-hydrogen) atoms. The van der Waals surface area contributed by atoms with Crippen LogP contribution >= 0.6 is 0 Å². The molecule has 1 fully saturated rings. The fourth-order valence-corrected chi connectivity index (χ4v) is 20.5. The Balaban J connectivity index is 0.000000882. The van der Waals surface area contributed by atoms with E-state index in [0.717, 1.165) is 7.25 Å². The van der Waals surface area contributed by atoms with Gasteiger partial charge in [0.1, 0.15) is 0 Å². The third-order valence-electron chi connectivity index (χ3n) is 5.67. The minimum absolute atomic E-state index is 0. The molecule has 3 atom stereocenters. The van der Waals surface area contributed by atoms with Crippen LogP contribution in [0.1, 0.15) is 41.4 Å². The molecule has 1 aliphatic heterocycles. The largest absolute Gasteiger partial charge is 1.00 e.